The lowest BCUT2D eigenvalue weighted by Gasteiger charge is -2.27. The summed E-state index contributed by atoms with van der Waals surface area (Å²) >= 11 is 0. The van der Waals surface area contributed by atoms with Crippen molar-refractivity contribution in [3.8, 4) is 0 Å². The molecule has 0 radical (unpaired) electrons. The van der Waals surface area contributed by atoms with E-state index in [4.69, 9.17) is 4.74 Å². The summed E-state index contributed by atoms with van der Waals surface area (Å²) in [6, 6.07) is 8.11. The van der Waals surface area contributed by atoms with Crippen molar-refractivity contribution < 1.29 is 9.84 Å². The monoisotopic (exact) mass is 231 g/mol. The SMILES string of the molecule is OC(c1ccc2[nH]ccc2c1)C1CCCOC1. The van der Waals surface area contributed by atoms with E-state index in [1.54, 1.807) is 0 Å². The molecule has 0 aliphatic carbocycles. The van der Waals surface area contributed by atoms with Crippen molar-refractivity contribution >= 4 is 10.9 Å². The number of ether oxygens (including phenoxy) is 1. The Morgan fingerprint density at radius 3 is 3.12 bits per heavy atom. The fourth-order valence-electron chi connectivity index (χ4n) is 2.54. The molecule has 2 N–H and O–H groups in total. The number of hydrogen-bond donors (Lipinski definition) is 2. The van der Waals surface area contributed by atoms with E-state index in [0.717, 1.165) is 35.9 Å². The predicted octanol–water partition coefficient (Wildman–Crippen LogP) is 2.63. The molecular weight excluding hydrogens is 214 g/mol. The Kier molecular flexibility index (Phi) is 2.87. The van der Waals surface area contributed by atoms with Gasteiger partial charge in [-0.15, -0.1) is 0 Å². The maximum absolute atomic E-state index is 10.4. The van der Waals surface area contributed by atoms with Crippen molar-refractivity contribution in [2.24, 2.45) is 5.92 Å². The summed E-state index contributed by atoms with van der Waals surface area (Å²) in [7, 11) is 0. The van der Waals surface area contributed by atoms with Crippen LogP contribution in [-0.2, 0) is 4.74 Å². The highest BCUT2D eigenvalue weighted by molar-refractivity contribution is 5.80. The van der Waals surface area contributed by atoms with Gasteiger partial charge in [0.15, 0.2) is 0 Å². The van der Waals surface area contributed by atoms with Crippen LogP contribution in [0.15, 0.2) is 30.5 Å². The van der Waals surface area contributed by atoms with E-state index < -0.39 is 6.10 Å². The van der Waals surface area contributed by atoms with Gasteiger partial charge in [-0.05, 0) is 42.0 Å². The lowest BCUT2D eigenvalue weighted by molar-refractivity contribution is -0.00991. The van der Waals surface area contributed by atoms with Crippen LogP contribution in [0.5, 0.6) is 0 Å². The van der Waals surface area contributed by atoms with Gasteiger partial charge < -0.3 is 14.8 Å². The van der Waals surface area contributed by atoms with E-state index in [0.29, 0.717) is 6.61 Å². The lowest BCUT2D eigenvalue weighted by Crippen LogP contribution is -2.23. The minimum absolute atomic E-state index is 0.236. The number of nitrogens with one attached hydrogen (secondary N) is 1. The van der Waals surface area contributed by atoms with Crippen LogP contribution in [0.4, 0.5) is 0 Å². The zero-order chi connectivity index (χ0) is 11.7. The van der Waals surface area contributed by atoms with Gasteiger partial charge in [0, 0.05) is 24.2 Å². The summed E-state index contributed by atoms with van der Waals surface area (Å²) in [5.74, 6) is 0.236. The minimum atomic E-state index is -0.408. The number of benzene rings is 1. The van der Waals surface area contributed by atoms with Crippen molar-refractivity contribution in [3.63, 3.8) is 0 Å². The summed E-state index contributed by atoms with van der Waals surface area (Å²) < 4.78 is 5.43. The first-order valence-electron chi connectivity index (χ1n) is 6.17. The Balaban J connectivity index is 1.86. The molecule has 1 aromatic heterocycles. The number of aliphatic hydroxyl groups excluding tert-OH is 1. The van der Waals surface area contributed by atoms with E-state index >= 15 is 0 Å². The molecule has 1 saturated heterocycles. The third-order valence-electron chi connectivity index (χ3n) is 3.56. The Morgan fingerprint density at radius 1 is 1.35 bits per heavy atom. The van der Waals surface area contributed by atoms with Crippen LogP contribution in [-0.4, -0.2) is 23.3 Å². The molecule has 3 nitrogen and oxygen atoms in total. The molecule has 3 rings (SSSR count). The third kappa shape index (κ3) is 2.08. The first kappa shape index (κ1) is 10.8. The Morgan fingerprint density at radius 2 is 2.29 bits per heavy atom. The van der Waals surface area contributed by atoms with Crippen LogP contribution in [0.3, 0.4) is 0 Å². The number of H-pyrrole nitrogens is 1. The molecule has 90 valence electrons. The molecule has 0 saturated carbocycles. The van der Waals surface area contributed by atoms with Crippen molar-refractivity contribution in [1.82, 2.24) is 4.98 Å². The quantitative estimate of drug-likeness (QED) is 0.834. The van der Waals surface area contributed by atoms with E-state index in [1.165, 1.54) is 0 Å². The predicted molar refractivity (Wildman–Crippen MR) is 66.8 cm³/mol. The second kappa shape index (κ2) is 4.51. The first-order chi connectivity index (χ1) is 8.34. The number of aliphatic hydroxyl groups is 1. The normalized spacial score (nSPS) is 22.8. The van der Waals surface area contributed by atoms with E-state index in [2.05, 4.69) is 11.1 Å². The topological polar surface area (TPSA) is 45.2 Å². The minimum Gasteiger partial charge on any atom is -0.388 e. The fourth-order valence-corrected chi connectivity index (χ4v) is 2.54. The van der Waals surface area contributed by atoms with Crippen LogP contribution in [0.2, 0.25) is 0 Å². The zero-order valence-electron chi connectivity index (χ0n) is 9.73. The molecule has 2 heterocycles. The Labute approximate surface area is 100 Å². The standard InChI is InChI=1S/C14H17NO2/c16-14(12-2-1-7-17-9-12)11-3-4-13-10(8-11)5-6-15-13/h3-6,8,12,14-16H,1-2,7,9H2. The van der Waals surface area contributed by atoms with Crippen LogP contribution < -0.4 is 0 Å². The van der Waals surface area contributed by atoms with Gasteiger partial charge in [-0.3, -0.25) is 0 Å². The van der Waals surface area contributed by atoms with Crippen molar-refractivity contribution in [2.45, 2.75) is 18.9 Å². The van der Waals surface area contributed by atoms with Crippen molar-refractivity contribution in [2.75, 3.05) is 13.2 Å². The zero-order valence-corrected chi connectivity index (χ0v) is 9.73. The molecule has 0 amide bonds. The number of fused-ring (bicyclic) bond motifs is 1. The van der Waals surface area contributed by atoms with Crippen LogP contribution in [0.25, 0.3) is 10.9 Å². The summed E-state index contributed by atoms with van der Waals surface area (Å²) in [6.07, 6.45) is 3.61. The van der Waals surface area contributed by atoms with Gasteiger partial charge in [0.05, 0.1) is 12.7 Å². The molecule has 2 unspecified atom stereocenters. The second-order valence-electron chi connectivity index (χ2n) is 4.75. The molecule has 1 fully saturated rings. The summed E-state index contributed by atoms with van der Waals surface area (Å²) in [5.41, 5.74) is 2.11. The van der Waals surface area contributed by atoms with Crippen LogP contribution >= 0.6 is 0 Å². The highest BCUT2D eigenvalue weighted by Gasteiger charge is 2.23. The first-order valence-corrected chi connectivity index (χ1v) is 6.17. The molecule has 0 bridgehead atoms. The van der Waals surface area contributed by atoms with Gasteiger partial charge in [0.25, 0.3) is 0 Å². The molecule has 0 spiro atoms. The number of aromatic amines is 1. The smallest absolute Gasteiger partial charge is 0.0840 e. The maximum Gasteiger partial charge on any atom is 0.0840 e. The van der Waals surface area contributed by atoms with Gasteiger partial charge in [-0.2, -0.15) is 0 Å². The number of aromatic nitrogens is 1. The molecule has 1 aromatic carbocycles. The summed E-state index contributed by atoms with van der Waals surface area (Å²) in [6.45, 7) is 1.51. The van der Waals surface area contributed by atoms with Gasteiger partial charge in [0.2, 0.25) is 0 Å². The average molecular weight is 231 g/mol. The van der Waals surface area contributed by atoms with E-state index in [9.17, 15) is 5.11 Å². The van der Waals surface area contributed by atoms with Gasteiger partial charge in [-0.1, -0.05) is 6.07 Å². The fraction of sp³-hybridized carbons (Fsp3) is 0.429. The second-order valence-corrected chi connectivity index (χ2v) is 4.75. The summed E-state index contributed by atoms with van der Waals surface area (Å²) in [5, 5.41) is 11.5. The van der Waals surface area contributed by atoms with E-state index in [-0.39, 0.29) is 5.92 Å². The van der Waals surface area contributed by atoms with Gasteiger partial charge >= 0.3 is 0 Å². The number of hydrogen-bond acceptors (Lipinski definition) is 2. The average Bonchev–Trinajstić information content (AvgIpc) is 2.86. The Bertz CT molecular complexity index is 500. The molecule has 1 aliphatic rings. The molecule has 2 aromatic rings. The van der Waals surface area contributed by atoms with Crippen molar-refractivity contribution in [3.05, 3.63) is 36.0 Å². The molecule has 1 aliphatic heterocycles. The highest BCUT2D eigenvalue weighted by atomic mass is 16.5. The van der Waals surface area contributed by atoms with Gasteiger partial charge in [0.1, 0.15) is 0 Å². The highest BCUT2D eigenvalue weighted by Crippen LogP contribution is 2.30. The molecule has 2 atom stereocenters. The van der Waals surface area contributed by atoms with E-state index in [1.807, 2.05) is 24.4 Å². The van der Waals surface area contributed by atoms with Crippen LogP contribution in [0.1, 0.15) is 24.5 Å². The molecule has 3 heteroatoms. The summed E-state index contributed by atoms with van der Waals surface area (Å²) in [4.78, 5) is 3.16. The molecule has 17 heavy (non-hydrogen) atoms. The van der Waals surface area contributed by atoms with Crippen LogP contribution in [0, 0.1) is 5.92 Å². The molecular formula is C14H17NO2. The third-order valence-corrected chi connectivity index (χ3v) is 3.56. The Hall–Kier alpha value is -1.32. The van der Waals surface area contributed by atoms with Crippen molar-refractivity contribution in [1.29, 1.82) is 0 Å². The van der Waals surface area contributed by atoms with Gasteiger partial charge in [-0.25, -0.2) is 0 Å². The largest absolute Gasteiger partial charge is 0.388 e. The number of rotatable bonds is 2. The maximum atomic E-state index is 10.4. The lowest BCUT2D eigenvalue weighted by atomic mass is 9.91.